The van der Waals surface area contributed by atoms with Crippen molar-refractivity contribution in [3.8, 4) is 0 Å². The lowest BCUT2D eigenvalue weighted by Gasteiger charge is -2.14. The molecule has 4 heteroatoms. The number of anilines is 2. The van der Waals surface area contributed by atoms with Gasteiger partial charge in [0.15, 0.2) is 0 Å². The van der Waals surface area contributed by atoms with Gasteiger partial charge in [-0.15, -0.1) is 0 Å². The Kier molecular flexibility index (Phi) is 2.78. The van der Waals surface area contributed by atoms with Gasteiger partial charge in [-0.25, -0.2) is 4.98 Å². The van der Waals surface area contributed by atoms with Gasteiger partial charge in [-0.1, -0.05) is 0 Å². The van der Waals surface area contributed by atoms with Crippen LogP contribution in [0.3, 0.4) is 0 Å². The summed E-state index contributed by atoms with van der Waals surface area (Å²) in [6.07, 6.45) is 6.61. The van der Waals surface area contributed by atoms with Crippen molar-refractivity contribution in [2.75, 3.05) is 23.9 Å². The van der Waals surface area contributed by atoms with Crippen molar-refractivity contribution < 1.29 is 0 Å². The molecule has 0 aromatic carbocycles. The molecule has 3 N–H and O–H groups in total. The Morgan fingerprint density at radius 1 is 1.60 bits per heavy atom. The number of thioether (sulfide) groups is 1. The van der Waals surface area contributed by atoms with Gasteiger partial charge in [0, 0.05) is 17.5 Å². The molecular formula is C11H17N3S. The van der Waals surface area contributed by atoms with Gasteiger partial charge >= 0.3 is 0 Å². The second-order valence-electron chi connectivity index (χ2n) is 4.19. The fourth-order valence-corrected chi connectivity index (χ4v) is 2.30. The maximum atomic E-state index is 5.88. The summed E-state index contributed by atoms with van der Waals surface area (Å²) in [6.45, 7) is 2.96. The summed E-state index contributed by atoms with van der Waals surface area (Å²) in [6, 6.07) is 1.95. The van der Waals surface area contributed by atoms with E-state index in [-0.39, 0.29) is 0 Å². The molecule has 0 radical (unpaired) electrons. The highest BCUT2D eigenvalue weighted by Gasteiger charge is 2.41. The summed E-state index contributed by atoms with van der Waals surface area (Å²) in [4.78, 5) is 4.30. The van der Waals surface area contributed by atoms with Crippen molar-refractivity contribution in [3.63, 3.8) is 0 Å². The van der Waals surface area contributed by atoms with Crippen LogP contribution in [-0.4, -0.2) is 22.5 Å². The minimum atomic E-state index is 0.443. The third-order valence-corrected chi connectivity index (χ3v) is 4.29. The lowest BCUT2D eigenvalue weighted by molar-refractivity contribution is 0.941. The molecule has 1 heterocycles. The molecule has 0 amide bonds. The molecule has 0 aliphatic heterocycles. The summed E-state index contributed by atoms with van der Waals surface area (Å²) in [5.74, 6) is 0.820. The van der Waals surface area contributed by atoms with E-state index in [2.05, 4.69) is 16.6 Å². The lowest BCUT2D eigenvalue weighted by atomic mass is 10.3. The Hall–Kier alpha value is -0.900. The quantitative estimate of drug-likeness (QED) is 0.822. The summed E-state index contributed by atoms with van der Waals surface area (Å²) in [5, 5.41) is 3.34. The smallest absolute Gasteiger partial charge is 0.149 e. The fourth-order valence-electron chi connectivity index (χ4n) is 1.58. The Morgan fingerprint density at radius 2 is 2.33 bits per heavy atom. The van der Waals surface area contributed by atoms with E-state index in [0.717, 1.165) is 23.6 Å². The van der Waals surface area contributed by atoms with Gasteiger partial charge in [0.2, 0.25) is 0 Å². The van der Waals surface area contributed by atoms with Crippen LogP contribution in [0.15, 0.2) is 12.3 Å². The first-order chi connectivity index (χ1) is 7.15. The number of rotatable bonds is 4. The molecule has 1 aliphatic carbocycles. The molecule has 1 aromatic heterocycles. The zero-order valence-electron chi connectivity index (χ0n) is 9.21. The van der Waals surface area contributed by atoms with Gasteiger partial charge < -0.3 is 11.1 Å². The Balaban J connectivity index is 1.99. The van der Waals surface area contributed by atoms with E-state index >= 15 is 0 Å². The molecule has 0 saturated heterocycles. The number of nitrogens with two attached hydrogens (primary N) is 1. The summed E-state index contributed by atoms with van der Waals surface area (Å²) in [7, 11) is 0. The number of hydrogen-bond acceptors (Lipinski definition) is 4. The molecule has 1 fully saturated rings. The van der Waals surface area contributed by atoms with Crippen molar-refractivity contribution in [1.82, 2.24) is 4.98 Å². The van der Waals surface area contributed by atoms with Gasteiger partial charge in [-0.2, -0.15) is 11.8 Å². The van der Waals surface area contributed by atoms with Gasteiger partial charge in [0.25, 0.3) is 0 Å². The Morgan fingerprint density at radius 3 is 2.87 bits per heavy atom. The van der Waals surface area contributed by atoms with Crippen LogP contribution < -0.4 is 11.1 Å². The average Bonchev–Trinajstić information content (AvgIpc) is 2.97. The van der Waals surface area contributed by atoms with Gasteiger partial charge in [-0.3, -0.25) is 0 Å². The van der Waals surface area contributed by atoms with Crippen molar-refractivity contribution in [3.05, 3.63) is 17.8 Å². The predicted molar refractivity (Wildman–Crippen MR) is 67.4 cm³/mol. The number of hydrogen-bond donors (Lipinski definition) is 2. The van der Waals surface area contributed by atoms with Gasteiger partial charge in [0.1, 0.15) is 5.82 Å². The number of aryl methyl sites for hydroxylation is 1. The largest absolute Gasteiger partial charge is 0.396 e. The van der Waals surface area contributed by atoms with Crippen LogP contribution in [0.4, 0.5) is 11.5 Å². The molecule has 2 rings (SSSR count). The zero-order valence-corrected chi connectivity index (χ0v) is 10.0. The molecule has 1 aromatic rings. The highest BCUT2D eigenvalue weighted by Crippen LogP contribution is 2.47. The molecule has 1 aliphatic rings. The molecule has 0 bridgehead atoms. The lowest BCUT2D eigenvalue weighted by Crippen LogP contribution is -2.18. The van der Waals surface area contributed by atoms with Crippen LogP contribution in [0.2, 0.25) is 0 Å². The zero-order chi connectivity index (χ0) is 10.9. The van der Waals surface area contributed by atoms with E-state index in [9.17, 15) is 0 Å². The first-order valence-corrected chi connectivity index (χ1v) is 6.39. The third kappa shape index (κ3) is 2.37. The Labute approximate surface area is 94.8 Å². The number of pyridine rings is 1. The van der Waals surface area contributed by atoms with Crippen LogP contribution >= 0.6 is 11.8 Å². The van der Waals surface area contributed by atoms with E-state index < -0.39 is 0 Å². The summed E-state index contributed by atoms with van der Waals surface area (Å²) >= 11 is 1.94. The second-order valence-corrected chi connectivity index (χ2v) is 5.47. The fraction of sp³-hybridized carbons (Fsp3) is 0.545. The Bertz CT molecular complexity index is 361. The molecule has 0 atom stereocenters. The van der Waals surface area contributed by atoms with E-state index in [1.165, 1.54) is 12.8 Å². The van der Waals surface area contributed by atoms with E-state index in [0.29, 0.717) is 4.75 Å². The third-order valence-electron chi connectivity index (χ3n) is 2.87. The van der Waals surface area contributed by atoms with Crippen LogP contribution in [0, 0.1) is 6.92 Å². The minimum Gasteiger partial charge on any atom is -0.396 e. The first kappa shape index (κ1) is 10.6. The molecule has 0 spiro atoms. The maximum Gasteiger partial charge on any atom is 0.149 e. The molecule has 3 nitrogen and oxygen atoms in total. The van der Waals surface area contributed by atoms with Crippen molar-refractivity contribution in [2.45, 2.75) is 24.5 Å². The number of nitrogen functional groups attached to an aromatic ring is 1. The second kappa shape index (κ2) is 3.93. The SMILES string of the molecule is CSC1(CNc2ncc(C)cc2N)CC1. The standard InChI is InChI=1S/C11H17N3S/c1-8-5-9(12)10(13-6-8)14-7-11(15-2)3-4-11/h5-6H,3-4,7,12H2,1-2H3,(H,13,14). The van der Waals surface area contributed by atoms with Gasteiger partial charge in [-0.05, 0) is 37.7 Å². The van der Waals surface area contributed by atoms with E-state index in [1.807, 2.05) is 30.9 Å². The molecule has 1 saturated carbocycles. The van der Waals surface area contributed by atoms with Gasteiger partial charge in [0.05, 0.1) is 5.69 Å². The maximum absolute atomic E-state index is 5.88. The molecule has 15 heavy (non-hydrogen) atoms. The topological polar surface area (TPSA) is 50.9 Å². The molecule has 0 unspecified atom stereocenters. The predicted octanol–water partition coefficient (Wildman–Crippen LogP) is 2.28. The average molecular weight is 223 g/mol. The van der Waals surface area contributed by atoms with E-state index in [4.69, 9.17) is 5.73 Å². The molecular weight excluding hydrogens is 206 g/mol. The highest BCUT2D eigenvalue weighted by molar-refractivity contribution is 8.00. The monoisotopic (exact) mass is 223 g/mol. The van der Waals surface area contributed by atoms with Crippen molar-refractivity contribution in [2.24, 2.45) is 0 Å². The molecule has 82 valence electrons. The van der Waals surface area contributed by atoms with E-state index in [1.54, 1.807) is 0 Å². The van der Waals surface area contributed by atoms with Crippen molar-refractivity contribution >= 4 is 23.3 Å². The van der Waals surface area contributed by atoms with Crippen molar-refractivity contribution in [1.29, 1.82) is 0 Å². The first-order valence-electron chi connectivity index (χ1n) is 5.16. The summed E-state index contributed by atoms with van der Waals surface area (Å²) in [5.41, 5.74) is 7.72. The van der Waals surface area contributed by atoms with Crippen LogP contribution in [0.5, 0.6) is 0 Å². The van der Waals surface area contributed by atoms with Crippen LogP contribution in [0.25, 0.3) is 0 Å². The van der Waals surface area contributed by atoms with Crippen LogP contribution in [0.1, 0.15) is 18.4 Å². The number of nitrogens with one attached hydrogen (secondary N) is 1. The van der Waals surface area contributed by atoms with Crippen LogP contribution in [-0.2, 0) is 0 Å². The number of aromatic nitrogens is 1. The normalized spacial score (nSPS) is 17.5. The minimum absolute atomic E-state index is 0.443. The highest BCUT2D eigenvalue weighted by atomic mass is 32.2. The summed E-state index contributed by atoms with van der Waals surface area (Å²) < 4.78 is 0.443. The number of nitrogens with zero attached hydrogens (tertiary/aromatic N) is 1.